The Bertz CT molecular complexity index is 466. The molecule has 3 nitrogen and oxygen atoms in total. The van der Waals surface area contributed by atoms with E-state index >= 15 is 0 Å². The maximum absolute atomic E-state index is 12.0. The molecule has 0 radical (unpaired) electrons. The molecule has 0 spiro atoms. The Kier molecular flexibility index (Phi) is 2.98. The van der Waals surface area contributed by atoms with Crippen molar-refractivity contribution in [3.63, 3.8) is 0 Å². The van der Waals surface area contributed by atoms with Crippen LogP contribution in [0.2, 0.25) is 0 Å². The van der Waals surface area contributed by atoms with E-state index in [0.717, 1.165) is 37.1 Å². The molecule has 1 amide bonds. The summed E-state index contributed by atoms with van der Waals surface area (Å²) in [5.41, 5.74) is 3.40. The lowest BCUT2D eigenvalue weighted by Gasteiger charge is -2.28. The standard InChI is InChI=1S/C15H20N2O/c1-10-8-9-11-4-3-7-13(14(11)16-10)17-15(18)12-5-2-6-12/h3-4,7,10,12,16H,2,5-6,8-9H2,1H3,(H,17,18). The topological polar surface area (TPSA) is 41.1 Å². The van der Waals surface area contributed by atoms with Crippen LogP contribution in [0, 0.1) is 5.92 Å². The summed E-state index contributed by atoms with van der Waals surface area (Å²) in [4.78, 5) is 12.0. The Morgan fingerprint density at radius 2 is 2.17 bits per heavy atom. The molecule has 0 aromatic heterocycles. The highest BCUT2D eigenvalue weighted by Gasteiger charge is 2.26. The SMILES string of the molecule is CC1CCc2cccc(NC(=O)C3CCC3)c2N1. The van der Waals surface area contributed by atoms with Crippen molar-refractivity contribution in [2.75, 3.05) is 10.6 Å². The third-order valence-electron chi connectivity index (χ3n) is 4.12. The normalized spacial score (nSPS) is 22.6. The minimum Gasteiger partial charge on any atom is -0.381 e. The summed E-state index contributed by atoms with van der Waals surface area (Å²) in [6.07, 6.45) is 5.54. The Morgan fingerprint density at radius 3 is 2.89 bits per heavy atom. The minimum absolute atomic E-state index is 0.190. The van der Waals surface area contributed by atoms with Crippen LogP contribution in [0.15, 0.2) is 18.2 Å². The highest BCUT2D eigenvalue weighted by molar-refractivity contribution is 5.96. The van der Waals surface area contributed by atoms with Crippen molar-refractivity contribution in [2.24, 2.45) is 5.92 Å². The van der Waals surface area contributed by atoms with Crippen LogP contribution in [-0.4, -0.2) is 11.9 Å². The molecule has 2 N–H and O–H groups in total. The van der Waals surface area contributed by atoms with Crippen LogP contribution in [0.4, 0.5) is 11.4 Å². The number of carbonyl (C=O) groups excluding carboxylic acids is 1. The molecule has 1 unspecified atom stereocenters. The lowest BCUT2D eigenvalue weighted by molar-refractivity contribution is -0.122. The number of amides is 1. The van der Waals surface area contributed by atoms with Crippen LogP contribution < -0.4 is 10.6 Å². The number of rotatable bonds is 2. The van der Waals surface area contributed by atoms with E-state index in [1.807, 2.05) is 12.1 Å². The molecule has 1 atom stereocenters. The molecule has 1 aromatic carbocycles. The molecule has 0 saturated heterocycles. The fourth-order valence-electron chi connectivity index (χ4n) is 2.68. The zero-order chi connectivity index (χ0) is 12.5. The van der Waals surface area contributed by atoms with Gasteiger partial charge in [0.25, 0.3) is 0 Å². The highest BCUT2D eigenvalue weighted by Crippen LogP contribution is 2.34. The number of benzene rings is 1. The first-order valence-electron chi connectivity index (χ1n) is 6.93. The van der Waals surface area contributed by atoms with Gasteiger partial charge in [0.1, 0.15) is 0 Å². The van der Waals surface area contributed by atoms with Gasteiger partial charge in [-0.05, 0) is 44.2 Å². The van der Waals surface area contributed by atoms with Crippen molar-refractivity contribution in [3.8, 4) is 0 Å². The fraction of sp³-hybridized carbons (Fsp3) is 0.533. The second kappa shape index (κ2) is 4.63. The Balaban J connectivity index is 1.81. The lowest BCUT2D eigenvalue weighted by Crippen LogP contribution is -2.29. The van der Waals surface area contributed by atoms with Crippen molar-refractivity contribution in [2.45, 2.75) is 45.1 Å². The van der Waals surface area contributed by atoms with Gasteiger partial charge in [-0.2, -0.15) is 0 Å². The van der Waals surface area contributed by atoms with Crippen molar-refractivity contribution in [3.05, 3.63) is 23.8 Å². The van der Waals surface area contributed by atoms with Crippen molar-refractivity contribution in [1.29, 1.82) is 0 Å². The van der Waals surface area contributed by atoms with Crippen LogP contribution in [0.1, 0.15) is 38.2 Å². The number of aryl methyl sites for hydroxylation is 1. The Morgan fingerprint density at radius 1 is 1.33 bits per heavy atom. The van der Waals surface area contributed by atoms with Crippen molar-refractivity contribution < 1.29 is 4.79 Å². The van der Waals surface area contributed by atoms with Crippen LogP contribution in [-0.2, 0) is 11.2 Å². The van der Waals surface area contributed by atoms with Crippen LogP contribution in [0.3, 0.4) is 0 Å². The Labute approximate surface area is 108 Å². The minimum atomic E-state index is 0.190. The van der Waals surface area contributed by atoms with E-state index in [1.165, 1.54) is 12.0 Å². The van der Waals surface area contributed by atoms with E-state index in [0.29, 0.717) is 6.04 Å². The molecule has 1 saturated carbocycles. The van der Waals surface area contributed by atoms with Gasteiger partial charge in [-0.3, -0.25) is 4.79 Å². The summed E-state index contributed by atoms with van der Waals surface area (Å²) in [6, 6.07) is 6.67. The van der Waals surface area contributed by atoms with E-state index in [4.69, 9.17) is 0 Å². The van der Waals surface area contributed by atoms with Crippen molar-refractivity contribution in [1.82, 2.24) is 0 Å². The maximum Gasteiger partial charge on any atom is 0.227 e. The first-order valence-corrected chi connectivity index (χ1v) is 6.93. The summed E-state index contributed by atoms with van der Waals surface area (Å²) in [5.74, 6) is 0.427. The predicted octanol–water partition coefficient (Wildman–Crippen LogP) is 3.17. The largest absolute Gasteiger partial charge is 0.381 e. The smallest absolute Gasteiger partial charge is 0.227 e. The second-order valence-corrected chi connectivity index (χ2v) is 5.54. The molecule has 3 heteroatoms. The molecule has 1 aliphatic carbocycles. The molecule has 18 heavy (non-hydrogen) atoms. The fourth-order valence-corrected chi connectivity index (χ4v) is 2.68. The first-order chi connectivity index (χ1) is 8.74. The van der Waals surface area contributed by atoms with E-state index in [1.54, 1.807) is 0 Å². The van der Waals surface area contributed by atoms with E-state index < -0.39 is 0 Å². The third kappa shape index (κ3) is 2.09. The van der Waals surface area contributed by atoms with Gasteiger partial charge in [0.05, 0.1) is 11.4 Å². The van der Waals surface area contributed by atoms with Crippen LogP contribution >= 0.6 is 0 Å². The summed E-state index contributed by atoms with van der Waals surface area (Å²) < 4.78 is 0. The number of anilines is 2. The average molecular weight is 244 g/mol. The van der Waals surface area contributed by atoms with Gasteiger partial charge in [-0.15, -0.1) is 0 Å². The average Bonchev–Trinajstić information content (AvgIpc) is 2.27. The number of para-hydroxylation sites is 1. The van der Waals surface area contributed by atoms with Gasteiger partial charge in [0.15, 0.2) is 0 Å². The number of nitrogens with one attached hydrogen (secondary N) is 2. The first kappa shape index (κ1) is 11.6. The molecule has 1 fully saturated rings. The zero-order valence-corrected chi connectivity index (χ0v) is 10.8. The van der Waals surface area contributed by atoms with Gasteiger partial charge in [-0.1, -0.05) is 18.6 Å². The van der Waals surface area contributed by atoms with Gasteiger partial charge < -0.3 is 10.6 Å². The van der Waals surface area contributed by atoms with Crippen molar-refractivity contribution >= 4 is 17.3 Å². The number of carbonyl (C=O) groups is 1. The van der Waals surface area contributed by atoms with Gasteiger partial charge in [0.2, 0.25) is 5.91 Å². The monoisotopic (exact) mass is 244 g/mol. The Hall–Kier alpha value is -1.51. The third-order valence-corrected chi connectivity index (χ3v) is 4.12. The molecule has 1 aromatic rings. The van der Waals surface area contributed by atoms with Gasteiger partial charge in [-0.25, -0.2) is 0 Å². The van der Waals surface area contributed by atoms with Crippen LogP contribution in [0.25, 0.3) is 0 Å². The summed E-state index contributed by atoms with van der Waals surface area (Å²) in [7, 11) is 0. The molecule has 1 aliphatic heterocycles. The molecule has 96 valence electrons. The van der Waals surface area contributed by atoms with Gasteiger partial charge in [0, 0.05) is 12.0 Å². The maximum atomic E-state index is 12.0. The molecule has 1 heterocycles. The van der Waals surface area contributed by atoms with Gasteiger partial charge >= 0.3 is 0 Å². The molecule has 0 bridgehead atoms. The highest BCUT2D eigenvalue weighted by atomic mass is 16.1. The van der Waals surface area contributed by atoms with Crippen LogP contribution in [0.5, 0.6) is 0 Å². The predicted molar refractivity (Wildman–Crippen MR) is 73.8 cm³/mol. The number of hydrogen-bond acceptors (Lipinski definition) is 2. The quantitative estimate of drug-likeness (QED) is 0.839. The van der Waals surface area contributed by atoms with E-state index in [9.17, 15) is 4.79 Å². The molecule has 3 rings (SSSR count). The lowest BCUT2D eigenvalue weighted by atomic mass is 9.84. The zero-order valence-electron chi connectivity index (χ0n) is 10.8. The summed E-state index contributed by atoms with van der Waals surface area (Å²) >= 11 is 0. The van der Waals surface area contributed by atoms with E-state index in [-0.39, 0.29) is 11.8 Å². The van der Waals surface area contributed by atoms with E-state index in [2.05, 4.69) is 23.6 Å². The molecular weight excluding hydrogens is 224 g/mol. The second-order valence-electron chi connectivity index (χ2n) is 5.54. The molecular formula is C15H20N2O. The number of fused-ring (bicyclic) bond motifs is 1. The number of hydrogen-bond donors (Lipinski definition) is 2. The summed E-state index contributed by atoms with van der Waals surface area (Å²) in [5, 5.41) is 6.59. The molecule has 2 aliphatic rings. The summed E-state index contributed by atoms with van der Waals surface area (Å²) in [6.45, 7) is 2.19.